The van der Waals surface area contributed by atoms with Crippen LogP contribution in [0.5, 0.6) is 0 Å². The third kappa shape index (κ3) is 4.61. The van der Waals surface area contributed by atoms with Gasteiger partial charge in [-0.15, -0.1) is 0 Å². The summed E-state index contributed by atoms with van der Waals surface area (Å²) in [6, 6.07) is 9.24. The monoisotopic (exact) mass is 317 g/mol. The van der Waals surface area contributed by atoms with Crippen LogP contribution in [0.1, 0.15) is 39.5 Å². The lowest BCUT2D eigenvalue weighted by molar-refractivity contribution is -0.00521. The van der Waals surface area contributed by atoms with Crippen LogP contribution in [-0.4, -0.2) is 37.9 Å². The van der Waals surface area contributed by atoms with Gasteiger partial charge in [0, 0.05) is 37.1 Å². The van der Waals surface area contributed by atoms with E-state index in [0.717, 1.165) is 25.6 Å². The van der Waals surface area contributed by atoms with Crippen molar-refractivity contribution in [3.63, 3.8) is 0 Å². The van der Waals surface area contributed by atoms with Crippen LogP contribution in [0.4, 0.5) is 11.4 Å². The predicted molar refractivity (Wildman–Crippen MR) is 97.1 cm³/mol. The second kappa shape index (κ2) is 7.54. The molecule has 0 radical (unpaired) electrons. The van der Waals surface area contributed by atoms with Crippen LogP contribution in [0, 0.1) is 5.92 Å². The standard InChI is InChI=1S/C19H31N3O/c1-14-12-22(13-15(2)23-14)19-5-3-4-18(10-19)21-11-16-6-8-17(20)9-7-16/h3-5,10,14-17,21H,6-9,11-13,20H2,1-2H3/t14-,15?,16?,17?/m0/s1. The summed E-state index contributed by atoms with van der Waals surface area (Å²) >= 11 is 0. The van der Waals surface area contributed by atoms with E-state index in [1.807, 2.05) is 0 Å². The molecule has 128 valence electrons. The van der Waals surface area contributed by atoms with Crippen LogP contribution < -0.4 is 16.0 Å². The molecule has 1 unspecified atom stereocenters. The van der Waals surface area contributed by atoms with Crippen LogP contribution in [0.25, 0.3) is 0 Å². The topological polar surface area (TPSA) is 50.5 Å². The van der Waals surface area contributed by atoms with Gasteiger partial charge in [0.2, 0.25) is 0 Å². The number of ether oxygens (including phenoxy) is 1. The van der Waals surface area contributed by atoms with Gasteiger partial charge in [0.1, 0.15) is 0 Å². The zero-order chi connectivity index (χ0) is 16.2. The van der Waals surface area contributed by atoms with Gasteiger partial charge < -0.3 is 20.7 Å². The molecule has 23 heavy (non-hydrogen) atoms. The van der Waals surface area contributed by atoms with E-state index in [2.05, 4.69) is 48.3 Å². The quantitative estimate of drug-likeness (QED) is 0.895. The normalized spacial score (nSPS) is 31.9. The minimum Gasteiger partial charge on any atom is -0.385 e. The molecule has 2 atom stereocenters. The Morgan fingerprint density at radius 2 is 1.83 bits per heavy atom. The number of hydrogen-bond donors (Lipinski definition) is 2. The molecular formula is C19H31N3O. The number of nitrogens with zero attached hydrogens (tertiary/aromatic N) is 1. The smallest absolute Gasteiger partial charge is 0.0726 e. The zero-order valence-electron chi connectivity index (χ0n) is 14.5. The highest BCUT2D eigenvalue weighted by molar-refractivity contribution is 5.58. The fraction of sp³-hybridized carbons (Fsp3) is 0.684. The second-order valence-corrected chi connectivity index (χ2v) is 7.37. The van der Waals surface area contributed by atoms with Crippen LogP contribution >= 0.6 is 0 Å². The molecule has 1 saturated heterocycles. The van der Waals surface area contributed by atoms with Crippen molar-refractivity contribution in [3.05, 3.63) is 24.3 Å². The number of nitrogens with one attached hydrogen (secondary N) is 1. The fourth-order valence-electron chi connectivity index (χ4n) is 3.86. The molecule has 4 heteroatoms. The van der Waals surface area contributed by atoms with Gasteiger partial charge >= 0.3 is 0 Å². The van der Waals surface area contributed by atoms with E-state index in [0.29, 0.717) is 18.2 Å². The fourth-order valence-corrected chi connectivity index (χ4v) is 3.86. The highest BCUT2D eigenvalue weighted by atomic mass is 16.5. The molecule has 0 spiro atoms. The number of nitrogens with two attached hydrogens (primary N) is 1. The van der Waals surface area contributed by atoms with Crippen LogP contribution in [-0.2, 0) is 4.74 Å². The Bertz CT molecular complexity index is 489. The van der Waals surface area contributed by atoms with Gasteiger partial charge in [-0.1, -0.05) is 6.07 Å². The summed E-state index contributed by atoms with van der Waals surface area (Å²) in [4.78, 5) is 2.43. The summed E-state index contributed by atoms with van der Waals surface area (Å²) in [6.45, 7) is 7.30. The summed E-state index contributed by atoms with van der Waals surface area (Å²) in [6.07, 6.45) is 5.45. The van der Waals surface area contributed by atoms with E-state index < -0.39 is 0 Å². The van der Waals surface area contributed by atoms with Crippen LogP contribution in [0.15, 0.2) is 24.3 Å². The summed E-state index contributed by atoms with van der Waals surface area (Å²) < 4.78 is 5.84. The summed E-state index contributed by atoms with van der Waals surface area (Å²) in [5.74, 6) is 0.766. The lowest BCUT2D eigenvalue weighted by atomic mass is 9.86. The SMILES string of the molecule is CC1CN(c2cccc(NCC3CCC(N)CC3)c2)C[C@H](C)O1. The number of rotatable bonds is 4. The van der Waals surface area contributed by atoms with Crippen molar-refractivity contribution < 1.29 is 4.74 Å². The van der Waals surface area contributed by atoms with Gasteiger partial charge in [0.05, 0.1) is 12.2 Å². The lowest BCUT2D eigenvalue weighted by Gasteiger charge is -2.37. The molecule has 2 fully saturated rings. The number of morpholine rings is 1. The zero-order valence-corrected chi connectivity index (χ0v) is 14.5. The first kappa shape index (κ1) is 16.6. The second-order valence-electron chi connectivity index (χ2n) is 7.37. The average Bonchev–Trinajstić information content (AvgIpc) is 2.54. The molecule has 1 aromatic carbocycles. The lowest BCUT2D eigenvalue weighted by Crippen LogP contribution is -2.45. The van der Waals surface area contributed by atoms with E-state index in [1.54, 1.807) is 0 Å². The molecule has 3 N–H and O–H groups in total. The molecule has 1 aromatic rings. The van der Waals surface area contributed by atoms with Gasteiger partial charge in [-0.05, 0) is 63.6 Å². The van der Waals surface area contributed by atoms with Gasteiger partial charge in [-0.2, -0.15) is 0 Å². The van der Waals surface area contributed by atoms with Crippen molar-refractivity contribution in [2.75, 3.05) is 29.9 Å². The molecule has 0 amide bonds. The van der Waals surface area contributed by atoms with E-state index >= 15 is 0 Å². The summed E-state index contributed by atoms with van der Waals surface area (Å²) in [5, 5.41) is 3.63. The molecule has 0 aromatic heterocycles. The molecule has 1 saturated carbocycles. The van der Waals surface area contributed by atoms with E-state index in [9.17, 15) is 0 Å². The molecule has 1 aliphatic carbocycles. The van der Waals surface area contributed by atoms with E-state index in [4.69, 9.17) is 10.5 Å². The molecule has 2 aliphatic rings. The molecule has 3 rings (SSSR count). The number of hydrogen-bond acceptors (Lipinski definition) is 4. The van der Waals surface area contributed by atoms with Crippen LogP contribution in [0.3, 0.4) is 0 Å². The number of benzene rings is 1. The Labute approximate surface area is 140 Å². The van der Waals surface area contributed by atoms with Gasteiger partial charge in [-0.25, -0.2) is 0 Å². The first-order valence-corrected chi connectivity index (χ1v) is 9.10. The molecule has 1 heterocycles. The minimum absolute atomic E-state index is 0.293. The largest absolute Gasteiger partial charge is 0.385 e. The Morgan fingerprint density at radius 3 is 2.52 bits per heavy atom. The Balaban J connectivity index is 1.57. The number of anilines is 2. The maximum atomic E-state index is 5.99. The summed E-state index contributed by atoms with van der Waals surface area (Å²) in [5.41, 5.74) is 8.51. The Hall–Kier alpha value is -1.26. The average molecular weight is 317 g/mol. The highest BCUT2D eigenvalue weighted by Crippen LogP contribution is 2.26. The van der Waals surface area contributed by atoms with Crippen molar-refractivity contribution in [1.29, 1.82) is 0 Å². The Morgan fingerprint density at radius 1 is 1.13 bits per heavy atom. The van der Waals surface area contributed by atoms with Crippen molar-refractivity contribution in [2.45, 2.75) is 57.8 Å². The van der Waals surface area contributed by atoms with Crippen molar-refractivity contribution in [2.24, 2.45) is 11.7 Å². The first-order chi connectivity index (χ1) is 11.1. The maximum Gasteiger partial charge on any atom is 0.0726 e. The van der Waals surface area contributed by atoms with Gasteiger partial charge in [-0.3, -0.25) is 0 Å². The molecule has 4 nitrogen and oxygen atoms in total. The third-order valence-electron chi connectivity index (χ3n) is 5.12. The van der Waals surface area contributed by atoms with E-state index in [-0.39, 0.29) is 0 Å². The van der Waals surface area contributed by atoms with Gasteiger partial charge in [0.15, 0.2) is 0 Å². The first-order valence-electron chi connectivity index (χ1n) is 9.10. The highest BCUT2D eigenvalue weighted by Gasteiger charge is 2.22. The molecular weight excluding hydrogens is 286 g/mol. The third-order valence-corrected chi connectivity index (χ3v) is 5.12. The van der Waals surface area contributed by atoms with Gasteiger partial charge in [0.25, 0.3) is 0 Å². The summed E-state index contributed by atoms with van der Waals surface area (Å²) in [7, 11) is 0. The van der Waals surface area contributed by atoms with Crippen molar-refractivity contribution >= 4 is 11.4 Å². The van der Waals surface area contributed by atoms with Crippen molar-refractivity contribution in [3.8, 4) is 0 Å². The predicted octanol–water partition coefficient (Wildman–Crippen LogP) is 3.23. The molecule has 1 aliphatic heterocycles. The minimum atomic E-state index is 0.293. The van der Waals surface area contributed by atoms with E-state index in [1.165, 1.54) is 37.1 Å². The molecule has 0 bridgehead atoms. The van der Waals surface area contributed by atoms with Crippen molar-refractivity contribution in [1.82, 2.24) is 0 Å². The maximum absolute atomic E-state index is 5.99. The Kier molecular flexibility index (Phi) is 5.44. The van der Waals surface area contributed by atoms with Crippen LogP contribution in [0.2, 0.25) is 0 Å².